The fraction of sp³-hybridized carbons (Fsp3) is 0.667. The largest absolute Gasteiger partial charge is 0.267 e. The summed E-state index contributed by atoms with van der Waals surface area (Å²) in [5.41, 5.74) is 2.05. The molecule has 0 aliphatic heterocycles. The van der Waals surface area contributed by atoms with Crippen molar-refractivity contribution in [2.24, 2.45) is 21.3 Å². The van der Waals surface area contributed by atoms with Crippen molar-refractivity contribution in [3.8, 4) is 0 Å². The number of hydrogen-bond donors (Lipinski definition) is 0. The summed E-state index contributed by atoms with van der Waals surface area (Å²) < 4.78 is 0. The number of hydrogen-bond acceptors (Lipinski definition) is 2. The smallest absolute Gasteiger partial charge is 0.0669 e. The van der Waals surface area contributed by atoms with E-state index < -0.39 is 0 Å². The maximum absolute atomic E-state index is 4.41. The van der Waals surface area contributed by atoms with E-state index in [1.165, 1.54) is 0 Å². The lowest BCUT2D eigenvalue weighted by Gasteiger charge is -2.23. The fourth-order valence-corrected chi connectivity index (χ4v) is 1.30. The molecule has 0 aliphatic carbocycles. The van der Waals surface area contributed by atoms with Gasteiger partial charge in [-0.2, -0.15) is 0 Å². The van der Waals surface area contributed by atoms with Gasteiger partial charge in [0.05, 0.1) is 11.4 Å². The molecule has 0 spiro atoms. The second-order valence-electron chi connectivity index (χ2n) is 4.68. The van der Waals surface area contributed by atoms with Crippen LogP contribution in [0, 0.1) is 11.3 Å². The van der Waals surface area contributed by atoms with Crippen molar-refractivity contribution >= 4 is 12.9 Å². The molecule has 0 atom stereocenters. The van der Waals surface area contributed by atoms with Gasteiger partial charge >= 0.3 is 0 Å². The van der Waals surface area contributed by atoms with Crippen molar-refractivity contribution in [3.63, 3.8) is 0 Å². The Kier molecular flexibility index (Phi) is 4.75. The SMILES string of the molecule is C=N/C(=C(\N=C/C)C(C)(C)C)C(C)C. The summed E-state index contributed by atoms with van der Waals surface area (Å²) in [6.07, 6.45) is 1.81. The fourth-order valence-electron chi connectivity index (χ4n) is 1.30. The molecule has 0 bridgehead atoms. The Bertz CT molecular complexity index is 252. The number of aliphatic imine (C=N–C) groups is 2. The van der Waals surface area contributed by atoms with Gasteiger partial charge in [0.15, 0.2) is 0 Å². The molecule has 0 heterocycles. The first-order chi connectivity index (χ1) is 6.34. The van der Waals surface area contributed by atoms with Crippen LogP contribution < -0.4 is 0 Å². The maximum Gasteiger partial charge on any atom is 0.0669 e. The van der Waals surface area contributed by atoms with Gasteiger partial charge in [0.25, 0.3) is 0 Å². The lowest BCUT2D eigenvalue weighted by atomic mass is 9.88. The van der Waals surface area contributed by atoms with Gasteiger partial charge in [-0.05, 0) is 19.6 Å². The first-order valence-corrected chi connectivity index (χ1v) is 5.04. The molecule has 0 unspecified atom stereocenters. The topological polar surface area (TPSA) is 24.7 Å². The van der Waals surface area contributed by atoms with Gasteiger partial charge in [0.2, 0.25) is 0 Å². The van der Waals surface area contributed by atoms with Gasteiger partial charge in [0.1, 0.15) is 0 Å². The molecule has 0 aromatic carbocycles. The molecule has 0 rings (SSSR count). The number of allylic oxidation sites excluding steroid dienone is 2. The predicted molar refractivity (Wildman–Crippen MR) is 65.0 cm³/mol. The van der Waals surface area contributed by atoms with E-state index in [0.717, 1.165) is 11.4 Å². The van der Waals surface area contributed by atoms with Crippen molar-refractivity contribution < 1.29 is 0 Å². The van der Waals surface area contributed by atoms with E-state index in [-0.39, 0.29) is 5.41 Å². The predicted octanol–water partition coefficient (Wildman–Crippen LogP) is 3.69. The van der Waals surface area contributed by atoms with Crippen LogP contribution in [0.4, 0.5) is 0 Å². The number of nitrogens with zero attached hydrogens (tertiary/aromatic N) is 2. The zero-order valence-corrected chi connectivity index (χ0v) is 10.3. The Hall–Kier alpha value is -0.920. The van der Waals surface area contributed by atoms with Crippen LogP contribution in [0.15, 0.2) is 21.4 Å². The Morgan fingerprint density at radius 1 is 1.29 bits per heavy atom. The first-order valence-electron chi connectivity index (χ1n) is 5.04. The molecule has 80 valence electrons. The monoisotopic (exact) mass is 194 g/mol. The Morgan fingerprint density at radius 3 is 2.00 bits per heavy atom. The third kappa shape index (κ3) is 3.44. The van der Waals surface area contributed by atoms with E-state index in [9.17, 15) is 0 Å². The average molecular weight is 194 g/mol. The van der Waals surface area contributed by atoms with Gasteiger partial charge in [0, 0.05) is 11.6 Å². The highest BCUT2D eigenvalue weighted by Gasteiger charge is 2.21. The maximum atomic E-state index is 4.41. The molecule has 0 aromatic heterocycles. The van der Waals surface area contributed by atoms with E-state index in [1.807, 2.05) is 13.1 Å². The highest BCUT2D eigenvalue weighted by atomic mass is 14.8. The zero-order chi connectivity index (χ0) is 11.4. The summed E-state index contributed by atoms with van der Waals surface area (Å²) in [7, 11) is 0. The van der Waals surface area contributed by atoms with Crippen molar-refractivity contribution in [1.82, 2.24) is 0 Å². The van der Waals surface area contributed by atoms with Crippen LogP contribution in [0.25, 0.3) is 0 Å². The normalized spacial score (nSPS) is 14.8. The van der Waals surface area contributed by atoms with Gasteiger partial charge < -0.3 is 0 Å². The minimum Gasteiger partial charge on any atom is -0.267 e. The molecule has 2 nitrogen and oxygen atoms in total. The third-order valence-electron chi connectivity index (χ3n) is 1.93. The van der Waals surface area contributed by atoms with Crippen LogP contribution in [-0.4, -0.2) is 12.9 Å². The Morgan fingerprint density at radius 2 is 1.79 bits per heavy atom. The molecular weight excluding hydrogens is 172 g/mol. The number of rotatable bonds is 3. The molecule has 0 radical (unpaired) electrons. The molecule has 0 amide bonds. The van der Waals surface area contributed by atoms with Crippen molar-refractivity contribution in [2.45, 2.75) is 41.5 Å². The van der Waals surface area contributed by atoms with Gasteiger partial charge in [-0.25, -0.2) is 0 Å². The van der Waals surface area contributed by atoms with Gasteiger partial charge in [-0.3, -0.25) is 9.98 Å². The van der Waals surface area contributed by atoms with E-state index in [0.29, 0.717) is 5.92 Å². The molecule has 2 heteroatoms. The molecular formula is C12H22N2. The van der Waals surface area contributed by atoms with Crippen LogP contribution >= 0.6 is 0 Å². The summed E-state index contributed by atoms with van der Waals surface area (Å²) in [5.74, 6) is 0.366. The van der Waals surface area contributed by atoms with Gasteiger partial charge in [-0.1, -0.05) is 34.6 Å². The second kappa shape index (κ2) is 5.08. The minimum atomic E-state index is 0.0211. The lowest BCUT2D eigenvalue weighted by molar-refractivity contribution is 0.483. The quantitative estimate of drug-likeness (QED) is 0.612. The Labute approximate surface area is 87.9 Å². The molecule has 14 heavy (non-hydrogen) atoms. The lowest BCUT2D eigenvalue weighted by Crippen LogP contribution is -2.12. The van der Waals surface area contributed by atoms with Crippen LogP contribution in [0.2, 0.25) is 0 Å². The average Bonchev–Trinajstić information content (AvgIpc) is 2.02. The summed E-state index contributed by atoms with van der Waals surface area (Å²) in [6, 6.07) is 0. The second-order valence-corrected chi connectivity index (χ2v) is 4.68. The third-order valence-corrected chi connectivity index (χ3v) is 1.93. The van der Waals surface area contributed by atoms with E-state index >= 15 is 0 Å². The molecule has 0 saturated heterocycles. The van der Waals surface area contributed by atoms with Crippen LogP contribution in [0.3, 0.4) is 0 Å². The van der Waals surface area contributed by atoms with Crippen LogP contribution in [0.1, 0.15) is 41.5 Å². The van der Waals surface area contributed by atoms with Crippen LogP contribution in [-0.2, 0) is 0 Å². The van der Waals surface area contributed by atoms with Crippen molar-refractivity contribution in [2.75, 3.05) is 0 Å². The molecule has 0 saturated carbocycles. The van der Waals surface area contributed by atoms with Gasteiger partial charge in [-0.15, -0.1) is 0 Å². The van der Waals surface area contributed by atoms with Crippen molar-refractivity contribution in [1.29, 1.82) is 0 Å². The highest BCUT2D eigenvalue weighted by Crippen LogP contribution is 2.32. The zero-order valence-electron chi connectivity index (χ0n) is 10.3. The Balaban J connectivity index is 5.44. The summed E-state index contributed by atoms with van der Waals surface area (Å²) in [4.78, 5) is 8.50. The molecule has 0 aromatic rings. The molecule has 0 fully saturated rings. The summed E-state index contributed by atoms with van der Waals surface area (Å²) >= 11 is 0. The van der Waals surface area contributed by atoms with Crippen LogP contribution in [0.5, 0.6) is 0 Å². The molecule has 0 N–H and O–H groups in total. The first kappa shape index (κ1) is 13.1. The minimum absolute atomic E-state index is 0.0211. The van der Waals surface area contributed by atoms with E-state index in [1.54, 1.807) is 0 Å². The molecule has 0 aliphatic rings. The van der Waals surface area contributed by atoms with Crippen molar-refractivity contribution in [3.05, 3.63) is 11.4 Å². The van der Waals surface area contributed by atoms with E-state index in [4.69, 9.17) is 0 Å². The standard InChI is InChI=1S/C12H22N2/c1-8-14-11(12(4,5)6)10(13-7)9(2)3/h8-9H,7H2,1-6H3/b11-10-,14-8-. The highest BCUT2D eigenvalue weighted by molar-refractivity contribution is 5.56. The summed E-state index contributed by atoms with van der Waals surface area (Å²) in [6.45, 7) is 16.2. The summed E-state index contributed by atoms with van der Waals surface area (Å²) in [5, 5.41) is 0. The van der Waals surface area contributed by atoms with E-state index in [2.05, 4.69) is 51.3 Å².